The van der Waals surface area contributed by atoms with Crippen LogP contribution in [0.5, 0.6) is 5.88 Å². The van der Waals surface area contributed by atoms with Gasteiger partial charge in [0.2, 0.25) is 11.8 Å². The van der Waals surface area contributed by atoms with E-state index in [1.165, 1.54) is 17.2 Å². The molecule has 35 heavy (non-hydrogen) atoms. The molecule has 1 fully saturated rings. The van der Waals surface area contributed by atoms with Gasteiger partial charge in [-0.3, -0.25) is 9.69 Å². The lowest BCUT2D eigenvalue weighted by molar-refractivity contribution is 0.0932. The van der Waals surface area contributed by atoms with Gasteiger partial charge in [0.25, 0.3) is 5.91 Å². The standard InChI is InChI=1S/C23H21Cl2FN6O2.ClH/c1-13-11-31(8-7-27-13)19-6-5-14(9-18(19)26)29-23-28-10-15-21(30-23)34-12-32(22(15)33)20-16(24)3-2-4-17(20)25;/h2-6,9-10,13,27H,7-8,11-12H2,1H3,(H,28,29,30);1H. The Balaban J connectivity index is 0.00000289. The van der Waals surface area contributed by atoms with Crippen molar-refractivity contribution in [3.63, 3.8) is 0 Å². The molecule has 2 aliphatic heterocycles. The van der Waals surface area contributed by atoms with E-state index < -0.39 is 0 Å². The van der Waals surface area contributed by atoms with E-state index in [2.05, 4.69) is 27.5 Å². The minimum absolute atomic E-state index is 0. The molecule has 0 spiro atoms. The predicted octanol–water partition coefficient (Wildman–Crippen LogP) is 4.88. The Morgan fingerprint density at radius 1 is 1.23 bits per heavy atom. The van der Waals surface area contributed by atoms with Crippen LogP contribution in [0.15, 0.2) is 42.6 Å². The number of para-hydroxylation sites is 1. The van der Waals surface area contributed by atoms with Crippen molar-refractivity contribution in [3.05, 3.63) is 64.0 Å². The first-order valence-corrected chi connectivity index (χ1v) is 11.5. The number of piperazine rings is 1. The molecule has 0 radical (unpaired) electrons. The molecule has 1 atom stereocenters. The number of aromatic nitrogens is 2. The van der Waals surface area contributed by atoms with Crippen molar-refractivity contribution in [2.45, 2.75) is 13.0 Å². The van der Waals surface area contributed by atoms with Gasteiger partial charge in [-0.05, 0) is 37.3 Å². The number of halogens is 4. The summed E-state index contributed by atoms with van der Waals surface area (Å²) in [7, 11) is 0. The predicted molar refractivity (Wildman–Crippen MR) is 137 cm³/mol. The van der Waals surface area contributed by atoms with Crippen molar-refractivity contribution in [1.82, 2.24) is 15.3 Å². The topological polar surface area (TPSA) is 82.6 Å². The maximum atomic E-state index is 14.8. The third-order valence-corrected chi connectivity index (χ3v) is 6.29. The van der Waals surface area contributed by atoms with E-state index in [1.54, 1.807) is 30.3 Å². The van der Waals surface area contributed by atoms with E-state index in [0.29, 0.717) is 33.1 Å². The zero-order valence-electron chi connectivity index (χ0n) is 18.6. The third-order valence-electron chi connectivity index (χ3n) is 5.68. The second-order valence-corrected chi connectivity index (χ2v) is 8.90. The molecule has 5 rings (SSSR count). The highest BCUT2D eigenvalue weighted by Crippen LogP contribution is 2.37. The monoisotopic (exact) mass is 538 g/mol. The van der Waals surface area contributed by atoms with Gasteiger partial charge >= 0.3 is 0 Å². The number of anilines is 4. The number of rotatable bonds is 4. The first kappa shape index (κ1) is 25.2. The van der Waals surface area contributed by atoms with Gasteiger partial charge in [0, 0.05) is 37.6 Å². The second kappa shape index (κ2) is 10.4. The molecule has 1 saturated heterocycles. The fourth-order valence-corrected chi connectivity index (χ4v) is 4.65. The van der Waals surface area contributed by atoms with Crippen molar-refractivity contribution < 1.29 is 13.9 Å². The molecular formula is C23H22Cl3FN6O2. The van der Waals surface area contributed by atoms with E-state index >= 15 is 0 Å². The molecule has 1 aromatic heterocycles. The molecule has 3 aromatic rings. The summed E-state index contributed by atoms with van der Waals surface area (Å²) in [6, 6.07) is 10.2. The van der Waals surface area contributed by atoms with Crippen LogP contribution in [-0.2, 0) is 0 Å². The van der Waals surface area contributed by atoms with Crippen molar-refractivity contribution in [2.24, 2.45) is 0 Å². The summed E-state index contributed by atoms with van der Waals surface area (Å²) in [6.45, 7) is 4.24. The average Bonchev–Trinajstić information content (AvgIpc) is 2.80. The van der Waals surface area contributed by atoms with Crippen molar-refractivity contribution >= 4 is 64.5 Å². The largest absolute Gasteiger partial charge is 0.455 e. The Kier molecular flexibility index (Phi) is 7.51. The number of nitrogens with one attached hydrogen (secondary N) is 2. The Morgan fingerprint density at radius 2 is 2.00 bits per heavy atom. The van der Waals surface area contributed by atoms with Crippen LogP contribution in [0.4, 0.5) is 27.4 Å². The highest BCUT2D eigenvalue weighted by atomic mass is 35.5. The molecule has 12 heteroatoms. The quantitative estimate of drug-likeness (QED) is 0.489. The number of fused-ring (bicyclic) bond motifs is 1. The minimum atomic E-state index is -0.386. The zero-order chi connectivity index (χ0) is 23.8. The second-order valence-electron chi connectivity index (χ2n) is 8.08. The van der Waals surface area contributed by atoms with E-state index in [-0.39, 0.29) is 48.3 Å². The molecule has 2 aliphatic rings. The molecule has 1 amide bonds. The van der Waals surface area contributed by atoms with Crippen molar-refractivity contribution in [2.75, 3.05) is 41.5 Å². The van der Waals surface area contributed by atoms with Crippen LogP contribution in [0.25, 0.3) is 0 Å². The molecule has 1 unspecified atom stereocenters. The van der Waals surface area contributed by atoms with Crippen LogP contribution >= 0.6 is 35.6 Å². The molecular weight excluding hydrogens is 518 g/mol. The number of carbonyl (C=O) groups excluding carboxylic acids is 1. The molecule has 3 heterocycles. The molecule has 8 nitrogen and oxygen atoms in total. The molecule has 0 bridgehead atoms. The summed E-state index contributed by atoms with van der Waals surface area (Å²) >= 11 is 12.5. The number of hydrogen-bond acceptors (Lipinski definition) is 7. The Hall–Kier alpha value is -2.85. The highest BCUT2D eigenvalue weighted by Gasteiger charge is 2.31. The Bertz CT molecular complexity index is 1240. The van der Waals surface area contributed by atoms with E-state index in [9.17, 15) is 9.18 Å². The SMILES string of the molecule is CC1CN(c2ccc(Nc3ncc4c(n3)OCN(c3c(Cl)cccc3Cl)C4=O)cc2F)CCN1.Cl. The number of amides is 1. The van der Waals surface area contributed by atoms with Crippen LogP contribution in [0.1, 0.15) is 17.3 Å². The van der Waals surface area contributed by atoms with Gasteiger partial charge in [0.1, 0.15) is 11.4 Å². The van der Waals surface area contributed by atoms with Gasteiger partial charge in [-0.2, -0.15) is 4.98 Å². The van der Waals surface area contributed by atoms with Crippen LogP contribution in [0, 0.1) is 5.82 Å². The number of benzene rings is 2. The zero-order valence-corrected chi connectivity index (χ0v) is 20.9. The van der Waals surface area contributed by atoms with E-state index in [4.69, 9.17) is 27.9 Å². The van der Waals surface area contributed by atoms with Crippen LogP contribution in [-0.4, -0.2) is 48.3 Å². The fourth-order valence-electron chi connectivity index (χ4n) is 4.05. The summed E-state index contributed by atoms with van der Waals surface area (Å²) in [5, 5.41) is 6.97. The van der Waals surface area contributed by atoms with Crippen molar-refractivity contribution in [3.8, 4) is 5.88 Å². The first-order valence-electron chi connectivity index (χ1n) is 10.7. The van der Waals surface area contributed by atoms with E-state index in [1.807, 2.05) is 4.90 Å². The molecule has 184 valence electrons. The number of ether oxygens (including phenoxy) is 1. The summed E-state index contributed by atoms with van der Waals surface area (Å²) in [5.41, 5.74) is 1.56. The van der Waals surface area contributed by atoms with Gasteiger partial charge in [-0.15, -0.1) is 12.4 Å². The third kappa shape index (κ3) is 5.08. The maximum Gasteiger partial charge on any atom is 0.268 e. The van der Waals surface area contributed by atoms with Crippen LogP contribution in [0.3, 0.4) is 0 Å². The maximum absolute atomic E-state index is 14.8. The number of nitrogens with zero attached hydrogens (tertiary/aromatic N) is 4. The minimum Gasteiger partial charge on any atom is -0.455 e. The van der Waals surface area contributed by atoms with Crippen LogP contribution in [0.2, 0.25) is 10.0 Å². The lowest BCUT2D eigenvalue weighted by atomic mass is 10.2. The smallest absolute Gasteiger partial charge is 0.268 e. The molecule has 2 N–H and O–H groups in total. The van der Waals surface area contributed by atoms with Gasteiger partial charge in [-0.25, -0.2) is 9.37 Å². The lowest BCUT2D eigenvalue weighted by Crippen LogP contribution is -2.49. The molecule has 2 aromatic carbocycles. The molecule has 0 aliphatic carbocycles. The van der Waals surface area contributed by atoms with Gasteiger partial charge in [-0.1, -0.05) is 29.3 Å². The van der Waals surface area contributed by atoms with Gasteiger partial charge in [0.15, 0.2) is 6.73 Å². The number of hydrogen-bond donors (Lipinski definition) is 2. The normalized spacial score (nSPS) is 17.4. The summed E-state index contributed by atoms with van der Waals surface area (Å²) in [5.74, 6) is -0.424. The average molecular weight is 540 g/mol. The molecule has 0 saturated carbocycles. The summed E-state index contributed by atoms with van der Waals surface area (Å²) < 4.78 is 20.5. The van der Waals surface area contributed by atoms with Gasteiger partial charge in [0.05, 0.1) is 21.4 Å². The fraction of sp³-hybridized carbons (Fsp3) is 0.261. The number of carbonyl (C=O) groups is 1. The van der Waals surface area contributed by atoms with Gasteiger partial charge < -0.3 is 20.3 Å². The van der Waals surface area contributed by atoms with E-state index in [0.717, 1.165) is 19.6 Å². The Labute approximate surface area is 217 Å². The van der Waals surface area contributed by atoms with Crippen molar-refractivity contribution in [1.29, 1.82) is 0 Å². The van der Waals surface area contributed by atoms with Crippen LogP contribution < -0.4 is 25.2 Å². The highest BCUT2D eigenvalue weighted by molar-refractivity contribution is 6.40. The Morgan fingerprint density at radius 3 is 2.71 bits per heavy atom. The summed E-state index contributed by atoms with van der Waals surface area (Å²) in [4.78, 5) is 24.9. The lowest BCUT2D eigenvalue weighted by Gasteiger charge is -2.33. The summed E-state index contributed by atoms with van der Waals surface area (Å²) in [6.07, 6.45) is 1.36. The first-order chi connectivity index (χ1) is 16.4.